The summed E-state index contributed by atoms with van der Waals surface area (Å²) in [6.07, 6.45) is 2.69. The van der Waals surface area contributed by atoms with Gasteiger partial charge in [-0.3, -0.25) is 9.78 Å². The first-order valence-electron chi connectivity index (χ1n) is 5.55. The number of carbonyl (C=O) groups excluding carboxylic acids is 1. The van der Waals surface area contributed by atoms with E-state index >= 15 is 0 Å². The fraction of sp³-hybridized carbons (Fsp3) is 0.500. The number of carbonyl (C=O) groups is 1. The molecule has 0 aliphatic carbocycles. The Morgan fingerprint density at radius 2 is 2.24 bits per heavy atom. The van der Waals surface area contributed by atoms with E-state index in [0.29, 0.717) is 12.1 Å². The van der Waals surface area contributed by atoms with Crippen molar-refractivity contribution in [2.45, 2.75) is 26.3 Å². The van der Waals surface area contributed by atoms with E-state index in [1.807, 2.05) is 20.8 Å². The highest BCUT2D eigenvalue weighted by atomic mass is 16.3. The molecule has 0 radical (unpaired) electrons. The zero-order chi connectivity index (χ0) is 13.1. The second-order valence-corrected chi connectivity index (χ2v) is 4.66. The molecular formula is C12H19N3O2. The topological polar surface area (TPSA) is 88.2 Å². The van der Waals surface area contributed by atoms with Crippen LogP contribution in [0.1, 0.15) is 31.1 Å². The second kappa shape index (κ2) is 5.14. The van der Waals surface area contributed by atoms with Gasteiger partial charge >= 0.3 is 0 Å². The van der Waals surface area contributed by atoms with Crippen molar-refractivity contribution >= 4 is 5.91 Å². The van der Waals surface area contributed by atoms with Crippen LogP contribution in [0.2, 0.25) is 0 Å². The summed E-state index contributed by atoms with van der Waals surface area (Å²) in [6, 6.07) is 1.37. The van der Waals surface area contributed by atoms with Crippen LogP contribution in [-0.2, 0) is 0 Å². The van der Waals surface area contributed by atoms with E-state index < -0.39 is 5.54 Å². The molecule has 0 fully saturated rings. The highest BCUT2D eigenvalue weighted by molar-refractivity contribution is 5.94. The molecule has 0 saturated carbocycles. The van der Waals surface area contributed by atoms with Crippen LogP contribution in [0.25, 0.3) is 0 Å². The molecule has 0 saturated heterocycles. The van der Waals surface area contributed by atoms with Crippen molar-refractivity contribution in [2.75, 3.05) is 6.54 Å². The first-order valence-corrected chi connectivity index (χ1v) is 5.55. The predicted molar refractivity (Wildman–Crippen MR) is 65.7 cm³/mol. The average molecular weight is 237 g/mol. The smallest absolute Gasteiger partial charge is 0.253 e. The SMILES string of the molecule is CC(C)C(C)(CN)NC(=O)c1cncc(O)c1. The molecule has 94 valence electrons. The lowest BCUT2D eigenvalue weighted by Crippen LogP contribution is -2.55. The van der Waals surface area contributed by atoms with E-state index in [1.54, 1.807) is 0 Å². The first-order chi connectivity index (χ1) is 7.89. The molecule has 0 spiro atoms. The lowest BCUT2D eigenvalue weighted by Gasteiger charge is -2.33. The van der Waals surface area contributed by atoms with Crippen molar-refractivity contribution in [1.29, 1.82) is 0 Å². The fourth-order valence-corrected chi connectivity index (χ4v) is 1.31. The van der Waals surface area contributed by atoms with Gasteiger partial charge in [-0.1, -0.05) is 13.8 Å². The zero-order valence-electron chi connectivity index (χ0n) is 10.4. The Morgan fingerprint density at radius 3 is 2.71 bits per heavy atom. The van der Waals surface area contributed by atoms with Crippen LogP contribution in [0.4, 0.5) is 0 Å². The van der Waals surface area contributed by atoms with E-state index in [9.17, 15) is 9.90 Å². The molecule has 1 aromatic heterocycles. The maximum Gasteiger partial charge on any atom is 0.253 e. The molecule has 1 unspecified atom stereocenters. The molecule has 4 N–H and O–H groups in total. The zero-order valence-corrected chi connectivity index (χ0v) is 10.4. The second-order valence-electron chi connectivity index (χ2n) is 4.66. The van der Waals surface area contributed by atoms with Crippen LogP contribution in [0.5, 0.6) is 5.75 Å². The van der Waals surface area contributed by atoms with Gasteiger partial charge in [0.15, 0.2) is 0 Å². The molecule has 0 aromatic carbocycles. The molecule has 0 aliphatic rings. The monoisotopic (exact) mass is 237 g/mol. The number of nitrogens with two attached hydrogens (primary N) is 1. The Hall–Kier alpha value is -1.62. The highest BCUT2D eigenvalue weighted by Gasteiger charge is 2.28. The Bertz CT molecular complexity index is 406. The maximum absolute atomic E-state index is 12.0. The largest absolute Gasteiger partial charge is 0.506 e. The standard InChI is InChI=1S/C12H19N3O2/c1-8(2)12(3,7-13)15-11(17)9-4-10(16)6-14-5-9/h4-6,8,16H,7,13H2,1-3H3,(H,15,17). The average Bonchev–Trinajstić information content (AvgIpc) is 2.28. The van der Waals surface area contributed by atoms with Crippen LogP contribution >= 0.6 is 0 Å². The molecule has 1 rings (SSSR count). The van der Waals surface area contributed by atoms with Crippen LogP contribution in [-0.4, -0.2) is 28.1 Å². The highest BCUT2D eigenvalue weighted by Crippen LogP contribution is 2.16. The van der Waals surface area contributed by atoms with E-state index in [-0.39, 0.29) is 17.6 Å². The lowest BCUT2D eigenvalue weighted by atomic mass is 9.88. The summed E-state index contributed by atoms with van der Waals surface area (Å²) in [5.41, 5.74) is 5.54. The molecular weight excluding hydrogens is 218 g/mol. The van der Waals surface area contributed by atoms with Crippen LogP contribution in [0.15, 0.2) is 18.5 Å². The third-order valence-corrected chi connectivity index (χ3v) is 3.08. The van der Waals surface area contributed by atoms with Crippen molar-refractivity contribution in [3.63, 3.8) is 0 Å². The molecule has 1 amide bonds. The molecule has 0 aliphatic heterocycles. The number of aromatic hydroxyl groups is 1. The normalized spacial score (nSPS) is 14.4. The van der Waals surface area contributed by atoms with Gasteiger partial charge in [-0.2, -0.15) is 0 Å². The number of nitrogens with zero attached hydrogens (tertiary/aromatic N) is 1. The van der Waals surface area contributed by atoms with Gasteiger partial charge in [0.1, 0.15) is 5.75 Å². The summed E-state index contributed by atoms with van der Waals surface area (Å²) in [5.74, 6) is -0.103. The third kappa shape index (κ3) is 3.17. The first kappa shape index (κ1) is 13.4. The van der Waals surface area contributed by atoms with Gasteiger partial charge in [0.05, 0.1) is 17.3 Å². The van der Waals surface area contributed by atoms with Gasteiger partial charge in [-0.15, -0.1) is 0 Å². The molecule has 1 aromatic rings. The van der Waals surface area contributed by atoms with E-state index in [1.165, 1.54) is 18.5 Å². The summed E-state index contributed by atoms with van der Waals surface area (Å²) < 4.78 is 0. The minimum atomic E-state index is -0.470. The summed E-state index contributed by atoms with van der Waals surface area (Å²) in [6.45, 7) is 6.23. The van der Waals surface area contributed by atoms with Crippen molar-refractivity contribution in [1.82, 2.24) is 10.3 Å². The van der Waals surface area contributed by atoms with Crippen molar-refractivity contribution in [2.24, 2.45) is 11.7 Å². The summed E-state index contributed by atoms with van der Waals surface area (Å²) in [4.78, 5) is 15.7. The number of hydrogen-bond donors (Lipinski definition) is 3. The minimum Gasteiger partial charge on any atom is -0.506 e. The number of amides is 1. The van der Waals surface area contributed by atoms with Crippen molar-refractivity contribution in [3.05, 3.63) is 24.0 Å². The molecule has 5 nitrogen and oxygen atoms in total. The Kier molecular flexibility index (Phi) is 4.07. The van der Waals surface area contributed by atoms with Gasteiger partial charge in [-0.05, 0) is 18.9 Å². The number of aromatic nitrogens is 1. The molecule has 1 atom stereocenters. The Labute approximate surface area is 101 Å². The number of nitrogens with one attached hydrogen (secondary N) is 1. The minimum absolute atomic E-state index is 0.0309. The summed E-state index contributed by atoms with van der Waals surface area (Å²) >= 11 is 0. The third-order valence-electron chi connectivity index (χ3n) is 3.08. The number of rotatable bonds is 4. The molecule has 1 heterocycles. The quantitative estimate of drug-likeness (QED) is 0.725. The predicted octanol–water partition coefficient (Wildman–Crippen LogP) is 0.890. The fourth-order valence-electron chi connectivity index (χ4n) is 1.31. The molecule has 5 heteroatoms. The van der Waals surface area contributed by atoms with Crippen LogP contribution < -0.4 is 11.1 Å². The summed E-state index contributed by atoms with van der Waals surface area (Å²) in [5, 5.41) is 12.1. The van der Waals surface area contributed by atoms with Gasteiger partial charge in [-0.25, -0.2) is 0 Å². The summed E-state index contributed by atoms with van der Waals surface area (Å²) in [7, 11) is 0. The Morgan fingerprint density at radius 1 is 1.59 bits per heavy atom. The number of pyridine rings is 1. The van der Waals surface area contributed by atoms with E-state index in [0.717, 1.165) is 0 Å². The van der Waals surface area contributed by atoms with Crippen LogP contribution in [0.3, 0.4) is 0 Å². The van der Waals surface area contributed by atoms with Gasteiger partial charge in [0.25, 0.3) is 5.91 Å². The van der Waals surface area contributed by atoms with Crippen molar-refractivity contribution in [3.8, 4) is 5.75 Å². The number of hydrogen-bond acceptors (Lipinski definition) is 4. The van der Waals surface area contributed by atoms with Gasteiger partial charge in [0, 0.05) is 12.7 Å². The molecule has 0 bridgehead atoms. The Balaban J connectivity index is 2.85. The van der Waals surface area contributed by atoms with E-state index in [2.05, 4.69) is 10.3 Å². The van der Waals surface area contributed by atoms with Gasteiger partial charge in [0.2, 0.25) is 0 Å². The maximum atomic E-state index is 12.0. The lowest BCUT2D eigenvalue weighted by molar-refractivity contribution is 0.0882. The van der Waals surface area contributed by atoms with Crippen molar-refractivity contribution < 1.29 is 9.90 Å². The van der Waals surface area contributed by atoms with Crippen LogP contribution in [0, 0.1) is 5.92 Å². The van der Waals surface area contributed by atoms with Gasteiger partial charge < -0.3 is 16.2 Å². The van der Waals surface area contributed by atoms with E-state index in [4.69, 9.17) is 5.73 Å². The molecule has 17 heavy (non-hydrogen) atoms.